The number of aliphatic hydroxyl groups excluding tert-OH is 1. The summed E-state index contributed by atoms with van der Waals surface area (Å²) < 4.78 is 0. The quantitative estimate of drug-likeness (QED) is 0.697. The normalized spacial score (nSPS) is 42.9. The first-order valence-corrected chi connectivity index (χ1v) is 6.45. The summed E-state index contributed by atoms with van der Waals surface area (Å²) in [5.41, 5.74) is 2.86. The van der Waals surface area contributed by atoms with E-state index in [2.05, 4.69) is 6.92 Å². The van der Waals surface area contributed by atoms with Gasteiger partial charge in [0.15, 0.2) is 5.78 Å². The molecule has 3 aliphatic rings. The van der Waals surface area contributed by atoms with Gasteiger partial charge in [0.2, 0.25) is 0 Å². The summed E-state index contributed by atoms with van der Waals surface area (Å²) in [5.74, 6) is 0.198. The van der Waals surface area contributed by atoms with Gasteiger partial charge in [-0.05, 0) is 30.8 Å². The molecule has 0 unspecified atom stereocenters. The van der Waals surface area contributed by atoms with Crippen molar-refractivity contribution in [3.8, 4) is 0 Å². The first kappa shape index (κ1) is 11.2. The summed E-state index contributed by atoms with van der Waals surface area (Å²) in [4.78, 5) is 12.3. The highest BCUT2D eigenvalue weighted by Gasteiger charge is 2.59. The maximum absolute atomic E-state index is 12.3. The summed E-state index contributed by atoms with van der Waals surface area (Å²) in [7, 11) is 0. The van der Waals surface area contributed by atoms with Crippen molar-refractivity contribution in [2.75, 3.05) is 0 Å². The molecule has 1 fully saturated rings. The summed E-state index contributed by atoms with van der Waals surface area (Å²) in [6.07, 6.45) is 3.72. The van der Waals surface area contributed by atoms with Crippen LogP contribution < -0.4 is 0 Å². The van der Waals surface area contributed by atoms with Gasteiger partial charge in [0, 0.05) is 16.9 Å². The van der Waals surface area contributed by atoms with E-state index in [4.69, 9.17) is 0 Å². The summed E-state index contributed by atoms with van der Waals surface area (Å²) >= 11 is 0. The number of carbonyl (C=O) groups is 1. The Morgan fingerprint density at radius 1 is 1.35 bits per heavy atom. The lowest BCUT2D eigenvalue weighted by molar-refractivity contribution is -0.115. The summed E-state index contributed by atoms with van der Waals surface area (Å²) in [6, 6.07) is 0. The van der Waals surface area contributed by atoms with Crippen LogP contribution >= 0.6 is 0 Å². The lowest BCUT2D eigenvalue weighted by Gasteiger charge is -2.52. The molecular formula is C15H20O2. The van der Waals surface area contributed by atoms with Crippen molar-refractivity contribution in [2.45, 2.75) is 46.6 Å². The number of aliphatic hydroxyl groups is 1. The van der Waals surface area contributed by atoms with E-state index < -0.39 is 6.10 Å². The third kappa shape index (κ3) is 1.12. The molecule has 1 N–H and O–H groups in total. The zero-order valence-corrected chi connectivity index (χ0v) is 11.0. The fourth-order valence-corrected chi connectivity index (χ4v) is 4.03. The average molecular weight is 232 g/mol. The molecule has 3 aliphatic carbocycles. The number of carbonyl (C=O) groups excluding carboxylic acids is 1. The molecule has 0 heterocycles. The van der Waals surface area contributed by atoms with E-state index in [0.717, 1.165) is 24.0 Å². The van der Waals surface area contributed by atoms with Crippen molar-refractivity contribution in [3.05, 3.63) is 22.8 Å². The second-order valence-corrected chi connectivity index (χ2v) is 6.69. The number of rotatable bonds is 0. The van der Waals surface area contributed by atoms with Crippen LogP contribution in [0.5, 0.6) is 0 Å². The van der Waals surface area contributed by atoms with E-state index in [1.54, 1.807) is 0 Å². The maximum atomic E-state index is 12.3. The molecular weight excluding hydrogens is 212 g/mol. The Balaban J connectivity index is 2.19. The Kier molecular flexibility index (Phi) is 1.92. The zero-order valence-electron chi connectivity index (χ0n) is 11.0. The third-order valence-corrected chi connectivity index (χ3v) is 5.27. The van der Waals surface area contributed by atoms with Gasteiger partial charge in [-0.3, -0.25) is 4.79 Å². The molecule has 92 valence electrons. The van der Waals surface area contributed by atoms with Crippen LogP contribution in [0.2, 0.25) is 0 Å². The topological polar surface area (TPSA) is 37.3 Å². The number of hydrogen-bond acceptors (Lipinski definition) is 2. The van der Waals surface area contributed by atoms with Crippen molar-refractivity contribution < 1.29 is 9.90 Å². The number of fused-ring (bicyclic) bond motifs is 3. The van der Waals surface area contributed by atoms with E-state index in [0.29, 0.717) is 0 Å². The molecule has 3 rings (SSSR count). The summed E-state index contributed by atoms with van der Waals surface area (Å²) in [6.45, 7) is 8.20. The van der Waals surface area contributed by atoms with Crippen LogP contribution in [0.15, 0.2) is 22.8 Å². The predicted octanol–water partition coefficient (Wildman–Crippen LogP) is 2.63. The van der Waals surface area contributed by atoms with E-state index in [9.17, 15) is 9.90 Å². The van der Waals surface area contributed by atoms with Gasteiger partial charge in [0.25, 0.3) is 0 Å². The van der Waals surface area contributed by atoms with Crippen LogP contribution in [0, 0.1) is 16.7 Å². The number of allylic oxidation sites excluding steroid dienone is 2. The van der Waals surface area contributed by atoms with E-state index in [1.807, 2.05) is 26.8 Å². The van der Waals surface area contributed by atoms with Crippen LogP contribution in [-0.2, 0) is 4.79 Å². The SMILES string of the molecule is CC1=C2CC[C@]2(C)[C@@H]2C(=CC(C)(C)[C@H]2O)C1=O. The fourth-order valence-electron chi connectivity index (χ4n) is 4.03. The Labute approximate surface area is 102 Å². The molecule has 0 amide bonds. The molecule has 17 heavy (non-hydrogen) atoms. The highest BCUT2D eigenvalue weighted by molar-refractivity contribution is 6.11. The highest BCUT2D eigenvalue weighted by atomic mass is 16.3. The van der Waals surface area contributed by atoms with Crippen LogP contribution in [0.25, 0.3) is 0 Å². The van der Waals surface area contributed by atoms with Gasteiger partial charge in [0.1, 0.15) is 0 Å². The smallest absolute Gasteiger partial charge is 0.184 e. The van der Waals surface area contributed by atoms with E-state index >= 15 is 0 Å². The molecule has 0 saturated heterocycles. The molecule has 0 aromatic heterocycles. The standard InChI is InChI=1S/C15H20O2/c1-8-10-5-6-15(10,4)11-9(12(8)16)7-14(2,3)13(11)17/h7,11,13,17H,5-6H2,1-4H3/t11-,13+,15+/m1/s1. The van der Waals surface area contributed by atoms with Crippen molar-refractivity contribution in [3.63, 3.8) is 0 Å². The lowest BCUT2D eigenvalue weighted by Crippen LogP contribution is -2.49. The predicted molar refractivity (Wildman–Crippen MR) is 66.4 cm³/mol. The molecule has 0 aromatic carbocycles. The van der Waals surface area contributed by atoms with Crippen molar-refractivity contribution in [2.24, 2.45) is 16.7 Å². The van der Waals surface area contributed by atoms with Crippen LogP contribution in [-0.4, -0.2) is 17.0 Å². The number of ketones is 1. The molecule has 3 atom stereocenters. The Morgan fingerprint density at radius 3 is 2.53 bits per heavy atom. The molecule has 0 aromatic rings. The second-order valence-electron chi connectivity index (χ2n) is 6.69. The van der Waals surface area contributed by atoms with Gasteiger partial charge >= 0.3 is 0 Å². The monoisotopic (exact) mass is 232 g/mol. The minimum Gasteiger partial charge on any atom is -0.392 e. The molecule has 1 saturated carbocycles. The van der Waals surface area contributed by atoms with Gasteiger partial charge in [-0.25, -0.2) is 0 Å². The van der Waals surface area contributed by atoms with Crippen LogP contribution in [0.4, 0.5) is 0 Å². The lowest BCUT2D eigenvalue weighted by atomic mass is 9.51. The van der Waals surface area contributed by atoms with E-state index in [1.165, 1.54) is 5.57 Å². The molecule has 0 bridgehead atoms. The Bertz CT molecular complexity index is 481. The van der Waals surface area contributed by atoms with Gasteiger partial charge in [-0.1, -0.05) is 32.4 Å². The average Bonchev–Trinajstić information content (AvgIpc) is 2.46. The zero-order chi connectivity index (χ0) is 12.6. The van der Waals surface area contributed by atoms with Crippen LogP contribution in [0.3, 0.4) is 0 Å². The van der Waals surface area contributed by atoms with E-state index in [-0.39, 0.29) is 22.5 Å². The molecule has 0 radical (unpaired) electrons. The van der Waals surface area contributed by atoms with Crippen LogP contribution in [0.1, 0.15) is 40.5 Å². The third-order valence-electron chi connectivity index (χ3n) is 5.27. The first-order valence-electron chi connectivity index (χ1n) is 6.45. The molecule has 2 heteroatoms. The molecule has 2 nitrogen and oxygen atoms in total. The Hall–Kier alpha value is -0.890. The fraction of sp³-hybridized carbons (Fsp3) is 0.667. The van der Waals surface area contributed by atoms with Crippen molar-refractivity contribution >= 4 is 5.78 Å². The van der Waals surface area contributed by atoms with Crippen molar-refractivity contribution in [1.29, 1.82) is 0 Å². The second kappa shape index (κ2) is 2.92. The largest absolute Gasteiger partial charge is 0.392 e. The number of hydrogen-bond donors (Lipinski definition) is 1. The first-order chi connectivity index (χ1) is 7.79. The minimum atomic E-state index is -0.421. The highest BCUT2D eigenvalue weighted by Crippen LogP contribution is 2.63. The number of Topliss-reactive ketones (excluding diaryl/α,β-unsaturated/α-hetero) is 1. The van der Waals surface area contributed by atoms with Gasteiger partial charge in [-0.15, -0.1) is 0 Å². The molecule has 0 aliphatic heterocycles. The Morgan fingerprint density at radius 2 is 2.00 bits per heavy atom. The maximum Gasteiger partial charge on any atom is 0.184 e. The van der Waals surface area contributed by atoms with Crippen molar-refractivity contribution in [1.82, 2.24) is 0 Å². The summed E-state index contributed by atoms with van der Waals surface area (Å²) in [5, 5.41) is 10.5. The van der Waals surface area contributed by atoms with Gasteiger partial charge in [-0.2, -0.15) is 0 Å². The minimum absolute atomic E-state index is 0.0254. The van der Waals surface area contributed by atoms with Gasteiger partial charge < -0.3 is 5.11 Å². The molecule has 0 spiro atoms. The van der Waals surface area contributed by atoms with Gasteiger partial charge in [0.05, 0.1) is 6.10 Å².